The lowest BCUT2D eigenvalue weighted by Crippen LogP contribution is -2.27. The predicted molar refractivity (Wildman–Crippen MR) is 77.9 cm³/mol. The number of benzene rings is 1. The zero-order chi connectivity index (χ0) is 14.5. The molecule has 1 aromatic heterocycles. The summed E-state index contributed by atoms with van der Waals surface area (Å²) in [5.74, 6) is 0.524. The van der Waals surface area contributed by atoms with Crippen LogP contribution >= 0.6 is 0 Å². The number of nitrogens with zero attached hydrogens (tertiary/aromatic N) is 2. The Balaban J connectivity index is 2.22. The summed E-state index contributed by atoms with van der Waals surface area (Å²) < 4.78 is 5.15. The molecule has 0 spiro atoms. The number of hydrogen-bond acceptors (Lipinski definition) is 4. The quantitative estimate of drug-likeness (QED) is 0.921. The zero-order valence-corrected chi connectivity index (χ0v) is 11.5. The highest BCUT2D eigenvalue weighted by Crippen LogP contribution is 2.21. The van der Waals surface area contributed by atoms with E-state index in [0.717, 1.165) is 11.3 Å². The highest BCUT2D eigenvalue weighted by Gasteiger charge is 2.15. The van der Waals surface area contributed by atoms with Crippen LogP contribution in [0.3, 0.4) is 0 Å². The van der Waals surface area contributed by atoms with Gasteiger partial charge in [0.2, 0.25) is 0 Å². The first-order chi connectivity index (χ1) is 9.65. The molecule has 2 aromatic rings. The largest absolute Gasteiger partial charge is 0.497 e. The summed E-state index contributed by atoms with van der Waals surface area (Å²) in [5.41, 5.74) is 7.53. The summed E-state index contributed by atoms with van der Waals surface area (Å²) in [6, 6.07) is 10.8. The lowest BCUT2D eigenvalue weighted by molar-refractivity contribution is 0.0988. The third kappa shape index (κ3) is 2.95. The molecule has 0 aliphatic rings. The van der Waals surface area contributed by atoms with Crippen LogP contribution in [0.25, 0.3) is 0 Å². The molecule has 104 valence electrons. The Morgan fingerprint density at radius 2 is 2.15 bits per heavy atom. The molecule has 1 heterocycles. The van der Waals surface area contributed by atoms with E-state index in [1.807, 2.05) is 18.2 Å². The number of hydrogen-bond donors (Lipinski definition) is 1. The number of nitrogens with two attached hydrogens (primary N) is 1. The first-order valence-corrected chi connectivity index (χ1v) is 6.23. The third-order valence-corrected chi connectivity index (χ3v) is 3.02. The maximum atomic E-state index is 12.3. The number of amides is 1. The van der Waals surface area contributed by atoms with Crippen LogP contribution < -0.4 is 15.4 Å². The Bertz CT molecular complexity index is 596. The Labute approximate surface area is 118 Å². The van der Waals surface area contributed by atoms with Crippen molar-refractivity contribution in [3.8, 4) is 5.75 Å². The number of pyridine rings is 1. The Hall–Kier alpha value is -2.40. The van der Waals surface area contributed by atoms with Gasteiger partial charge in [0.1, 0.15) is 11.4 Å². The minimum absolute atomic E-state index is 0.179. The lowest BCUT2D eigenvalue weighted by Gasteiger charge is -2.17. The number of ether oxygens (including phenoxy) is 1. The van der Waals surface area contributed by atoms with Gasteiger partial charge in [-0.05, 0) is 23.8 Å². The summed E-state index contributed by atoms with van der Waals surface area (Å²) in [7, 11) is 3.30. The summed E-state index contributed by atoms with van der Waals surface area (Å²) in [5, 5.41) is 0. The van der Waals surface area contributed by atoms with E-state index in [1.165, 1.54) is 4.90 Å². The maximum absolute atomic E-state index is 12.3. The molecule has 1 amide bonds. The topological polar surface area (TPSA) is 68.5 Å². The number of aromatic nitrogens is 1. The number of anilines is 1. The fraction of sp³-hybridized carbons (Fsp3) is 0.200. The first kappa shape index (κ1) is 14.0. The van der Waals surface area contributed by atoms with Crippen molar-refractivity contribution in [3.63, 3.8) is 0 Å². The summed E-state index contributed by atoms with van der Waals surface area (Å²) in [4.78, 5) is 18.0. The van der Waals surface area contributed by atoms with Gasteiger partial charge in [-0.1, -0.05) is 12.1 Å². The van der Waals surface area contributed by atoms with Crippen molar-refractivity contribution in [2.24, 2.45) is 5.73 Å². The van der Waals surface area contributed by atoms with Crippen molar-refractivity contribution >= 4 is 11.6 Å². The van der Waals surface area contributed by atoms with Crippen molar-refractivity contribution in [3.05, 3.63) is 53.9 Å². The van der Waals surface area contributed by atoms with Gasteiger partial charge in [-0.2, -0.15) is 0 Å². The molecular formula is C15H17N3O2. The number of rotatable bonds is 4. The van der Waals surface area contributed by atoms with E-state index >= 15 is 0 Å². The van der Waals surface area contributed by atoms with Crippen molar-refractivity contribution < 1.29 is 9.53 Å². The molecule has 0 saturated heterocycles. The molecule has 0 atom stereocenters. The predicted octanol–water partition coefficient (Wildman–Crippen LogP) is 1.83. The van der Waals surface area contributed by atoms with E-state index in [9.17, 15) is 4.79 Å². The SMILES string of the molecule is COc1cccc(N(C)C(=O)c2ccc(CN)cn2)c1. The van der Waals surface area contributed by atoms with Crippen LogP contribution in [0.2, 0.25) is 0 Å². The Kier molecular flexibility index (Phi) is 4.32. The van der Waals surface area contributed by atoms with E-state index in [4.69, 9.17) is 10.5 Å². The molecule has 0 radical (unpaired) electrons. The second-order valence-electron chi connectivity index (χ2n) is 4.32. The van der Waals surface area contributed by atoms with Gasteiger partial charge in [0.05, 0.1) is 7.11 Å². The number of carbonyl (C=O) groups is 1. The molecule has 0 fully saturated rings. The minimum Gasteiger partial charge on any atom is -0.497 e. The van der Waals surface area contributed by atoms with Crippen LogP contribution in [0.4, 0.5) is 5.69 Å². The van der Waals surface area contributed by atoms with Gasteiger partial charge in [-0.25, -0.2) is 0 Å². The normalized spacial score (nSPS) is 10.2. The molecule has 1 aromatic carbocycles. The van der Waals surface area contributed by atoms with Crippen LogP contribution in [0.5, 0.6) is 5.75 Å². The van der Waals surface area contributed by atoms with Crippen LogP contribution in [0.1, 0.15) is 16.1 Å². The third-order valence-electron chi connectivity index (χ3n) is 3.02. The molecular weight excluding hydrogens is 254 g/mol. The molecule has 0 saturated carbocycles. The smallest absolute Gasteiger partial charge is 0.276 e. The highest BCUT2D eigenvalue weighted by atomic mass is 16.5. The van der Waals surface area contributed by atoms with E-state index < -0.39 is 0 Å². The van der Waals surface area contributed by atoms with Crippen LogP contribution in [-0.4, -0.2) is 25.0 Å². The standard InChI is InChI=1S/C15H17N3O2/c1-18(12-4-3-5-13(8-12)20-2)15(19)14-7-6-11(9-16)10-17-14/h3-8,10H,9,16H2,1-2H3. The number of methoxy groups -OCH3 is 1. The van der Waals surface area contributed by atoms with Crippen molar-refractivity contribution in [1.29, 1.82) is 0 Å². The zero-order valence-electron chi connectivity index (χ0n) is 11.5. The van der Waals surface area contributed by atoms with Gasteiger partial charge < -0.3 is 15.4 Å². The van der Waals surface area contributed by atoms with E-state index in [1.54, 1.807) is 38.6 Å². The molecule has 0 aliphatic carbocycles. The monoisotopic (exact) mass is 271 g/mol. The van der Waals surface area contributed by atoms with Gasteiger partial charge in [0.15, 0.2) is 0 Å². The van der Waals surface area contributed by atoms with Gasteiger partial charge >= 0.3 is 0 Å². The molecule has 2 N–H and O–H groups in total. The van der Waals surface area contributed by atoms with Gasteiger partial charge in [-0.15, -0.1) is 0 Å². The maximum Gasteiger partial charge on any atom is 0.276 e. The fourth-order valence-electron chi connectivity index (χ4n) is 1.78. The van der Waals surface area contributed by atoms with Crippen LogP contribution in [0, 0.1) is 0 Å². The second-order valence-corrected chi connectivity index (χ2v) is 4.32. The van der Waals surface area contributed by atoms with E-state index in [-0.39, 0.29) is 5.91 Å². The summed E-state index contributed by atoms with van der Waals surface area (Å²) in [6.07, 6.45) is 1.62. The molecule has 0 unspecified atom stereocenters. The lowest BCUT2D eigenvalue weighted by atomic mass is 10.2. The highest BCUT2D eigenvalue weighted by molar-refractivity contribution is 6.04. The van der Waals surface area contributed by atoms with Gasteiger partial charge in [-0.3, -0.25) is 9.78 Å². The Morgan fingerprint density at radius 1 is 1.35 bits per heavy atom. The van der Waals surface area contributed by atoms with Crippen molar-refractivity contribution in [2.75, 3.05) is 19.1 Å². The van der Waals surface area contributed by atoms with Crippen LogP contribution in [0.15, 0.2) is 42.6 Å². The minimum atomic E-state index is -0.179. The van der Waals surface area contributed by atoms with Gasteiger partial charge in [0.25, 0.3) is 5.91 Å². The summed E-state index contributed by atoms with van der Waals surface area (Å²) >= 11 is 0. The molecule has 5 heteroatoms. The average Bonchev–Trinajstić information content (AvgIpc) is 2.53. The Morgan fingerprint density at radius 3 is 2.75 bits per heavy atom. The summed E-state index contributed by atoms with van der Waals surface area (Å²) in [6.45, 7) is 0.410. The first-order valence-electron chi connectivity index (χ1n) is 6.23. The second kappa shape index (κ2) is 6.16. The molecule has 20 heavy (non-hydrogen) atoms. The molecule has 0 aliphatic heterocycles. The van der Waals surface area contributed by atoms with Crippen molar-refractivity contribution in [2.45, 2.75) is 6.54 Å². The molecule has 0 bridgehead atoms. The van der Waals surface area contributed by atoms with E-state index in [2.05, 4.69) is 4.98 Å². The van der Waals surface area contributed by atoms with Gasteiger partial charge in [0, 0.05) is 31.5 Å². The van der Waals surface area contributed by atoms with E-state index in [0.29, 0.717) is 18.0 Å². The molecule has 2 rings (SSSR count). The molecule has 5 nitrogen and oxygen atoms in total. The van der Waals surface area contributed by atoms with Crippen LogP contribution in [-0.2, 0) is 6.54 Å². The van der Waals surface area contributed by atoms with Crippen molar-refractivity contribution in [1.82, 2.24) is 4.98 Å². The average molecular weight is 271 g/mol. The fourth-order valence-corrected chi connectivity index (χ4v) is 1.78. The number of carbonyl (C=O) groups excluding carboxylic acids is 1.